The first-order valence-corrected chi connectivity index (χ1v) is 5.94. The van der Waals surface area contributed by atoms with Gasteiger partial charge in [-0.1, -0.05) is 23.7 Å². The summed E-state index contributed by atoms with van der Waals surface area (Å²) in [5, 5.41) is 0.544. The van der Waals surface area contributed by atoms with Gasteiger partial charge in [-0.05, 0) is 47.9 Å². The molecule has 19 heavy (non-hydrogen) atoms. The van der Waals surface area contributed by atoms with Gasteiger partial charge >= 0.3 is 6.18 Å². The van der Waals surface area contributed by atoms with E-state index < -0.39 is 11.7 Å². The van der Waals surface area contributed by atoms with Crippen LogP contribution in [0.15, 0.2) is 42.5 Å². The van der Waals surface area contributed by atoms with Crippen LogP contribution in [0.1, 0.15) is 16.7 Å². The summed E-state index contributed by atoms with van der Waals surface area (Å²) in [6.07, 6.45) is -4.05. The molecule has 0 heterocycles. The molecule has 0 aliphatic carbocycles. The number of halogens is 4. The van der Waals surface area contributed by atoms with E-state index in [0.717, 1.165) is 17.7 Å². The van der Waals surface area contributed by atoms with Gasteiger partial charge in [0, 0.05) is 10.7 Å². The molecule has 0 radical (unpaired) electrons. The SMILES string of the molecule is Nc1ccc(C(F)(F)F)cc1Cc1cccc(Cl)c1. The van der Waals surface area contributed by atoms with Crippen molar-refractivity contribution in [2.75, 3.05) is 5.73 Å². The highest BCUT2D eigenvalue weighted by Gasteiger charge is 2.30. The Balaban J connectivity index is 2.34. The summed E-state index contributed by atoms with van der Waals surface area (Å²) in [7, 11) is 0. The first kappa shape index (κ1) is 13.7. The van der Waals surface area contributed by atoms with Crippen molar-refractivity contribution >= 4 is 17.3 Å². The predicted molar refractivity (Wildman–Crippen MR) is 70.1 cm³/mol. The molecule has 0 unspecified atom stereocenters. The standard InChI is InChI=1S/C14H11ClF3N/c15-12-3-1-2-9(7-12)6-10-8-11(14(16,17)18)4-5-13(10)19/h1-5,7-8H,6,19H2. The average Bonchev–Trinajstić information content (AvgIpc) is 2.30. The average molecular weight is 286 g/mol. The molecule has 0 bridgehead atoms. The number of alkyl halides is 3. The molecule has 0 saturated heterocycles. The van der Waals surface area contributed by atoms with E-state index in [9.17, 15) is 13.2 Å². The van der Waals surface area contributed by atoms with Crippen LogP contribution in [0, 0.1) is 0 Å². The second kappa shape index (κ2) is 5.13. The highest BCUT2D eigenvalue weighted by atomic mass is 35.5. The zero-order valence-corrected chi connectivity index (χ0v) is 10.6. The van der Waals surface area contributed by atoms with E-state index in [1.54, 1.807) is 24.3 Å². The number of rotatable bonds is 2. The first-order chi connectivity index (χ1) is 8.86. The molecule has 0 spiro atoms. The van der Waals surface area contributed by atoms with Gasteiger partial charge in [-0.15, -0.1) is 0 Å². The topological polar surface area (TPSA) is 26.0 Å². The molecule has 2 aromatic carbocycles. The fourth-order valence-corrected chi connectivity index (χ4v) is 2.01. The van der Waals surface area contributed by atoms with Gasteiger partial charge in [-0.2, -0.15) is 13.2 Å². The van der Waals surface area contributed by atoms with Gasteiger partial charge in [0.1, 0.15) is 0 Å². The number of hydrogen-bond donors (Lipinski definition) is 1. The van der Waals surface area contributed by atoms with Gasteiger partial charge in [0.05, 0.1) is 5.56 Å². The Bertz CT molecular complexity index is 593. The summed E-state index contributed by atoms with van der Waals surface area (Å²) in [5.74, 6) is 0. The largest absolute Gasteiger partial charge is 0.416 e. The van der Waals surface area contributed by atoms with E-state index in [1.165, 1.54) is 6.07 Å². The smallest absolute Gasteiger partial charge is 0.398 e. The summed E-state index contributed by atoms with van der Waals surface area (Å²) in [5.41, 5.74) is 6.62. The fourth-order valence-electron chi connectivity index (χ4n) is 1.80. The van der Waals surface area contributed by atoms with E-state index in [4.69, 9.17) is 17.3 Å². The zero-order valence-electron chi connectivity index (χ0n) is 9.84. The lowest BCUT2D eigenvalue weighted by Gasteiger charge is -2.11. The molecule has 1 nitrogen and oxygen atoms in total. The molecule has 0 aliphatic rings. The number of nitrogens with two attached hydrogens (primary N) is 1. The monoisotopic (exact) mass is 285 g/mol. The minimum Gasteiger partial charge on any atom is -0.398 e. The molecule has 0 aromatic heterocycles. The number of nitrogen functional groups attached to an aromatic ring is 1. The quantitative estimate of drug-likeness (QED) is 0.806. The van der Waals surface area contributed by atoms with Crippen molar-refractivity contribution in [2.45, 2.75) is 12.6 Å². The molecule has 2 N–H and O–H groups in total. The summed E-state index contributed by atoms with van der Waals surface area (Å²) < 4.78 is 37.9. The van der Waals surface area contributed by atoms with Gasteiger partial charge < -0.3 is 5.73 Å². The first-order valence-electron chi connectivity index (χ1n) is 5.56. The molecular formula is C14H11ClF3N. The third-order valence-electron chi connectivity index (χ3n) is 2.75. The molecule has 0 atom stereocenters. The Labute approximate surface area is 113 Å². The highest BCUT2D eigenvalue weighted by molar-refractivity contribution is 6.30. The lowest BCUT2D eigenvalue weighted by molar-refractivity contribution is -0.137. The van der Waals surface area contributed by atoms with Crippen molar-refractivity contribution in [3.05, 3.63) is 64.2 Å². The van der Waals surface area contributed by atoms with Crippen LogP contribution in [0.5, 0.6) is 0 Å². The highest BCUT2D eigenvalue weighted by Crippen LogP contribution is 2.32. The minimum absolute atomic E-state index is 0.316. The van der Waals surface area contributed by atoms with Crippen LogP contribution in [0.2, 0.25) is 5.02 Å². The number of hydrogen-bond acceptors (Lipinski definition) is 1. The summed E-state index contributed by atoms with van der Waals surface area (Å²) in [6, 6.07) is 10.3. The van der Waals surface area contributed by atoms with E-state index in [2.05, 4.69) is 0 Å². The van der Waals surface area contributed by atoms with Gasteiger partial charge in [0.25, 0.3) is 0 Å². The fraction of sp³-hybridized carbons (Fsp3) is 0.143. The summed E-state index contributed by atoms with van der Waals surface area (Å²) >= 11 is 5.84. The van der Waals surface area contributed by atoms with Crippen molar-refractivity contribution in [2.24, 2.45) is 0 Å². The van der Waals surface area contributed by atoms with Gasteiger partial charge in [-0.25, -0.2) is 0 Å². The van der Waals surface area contributed by atoms with Gasteiger partial charge in [-0.3, -0.25) is 0 Å². The zero-order chi connectivity index (χ0) is 14.0. The number of anilines is 1. The van der Waals surface area contributed by atoms with E-state index in [0.29, 0.717) is 22.7 Å². The Morgan fingerprint density at radius 3 is 2.42 bits per heavy atom. The Morgan fingerprint density at radius 1 is 1.05 bits per heavy atom. The molecule has 5 heteroatoms. The third kappa shape index (κ3) is 3.41. The maximum absolute atomic E-state index is 12.6. The van der Waals surface area contributed by atoms with Crippen LogP contribution >= 0.6 is 11.6 Å². The van der Waals surface area contributed by atoms with Crippen molar-refractivity contribution in [3.63, 3.8) is 0 Å². The Kier molecular flexibility index (Phi) is 3.71. The van der Waals surface area contributed by atoms with Crippen LogP contribution in [0.4, 0.5) is 18.9 Å². The summed E-state index contributed by atoms with van der Waals surface area (Å²) in [4.78, 5) is 0. The number of benzene rings is 2. The lowest BCUT2D eigenvalue weighted by Crippen LogP contribution is -2.07. The van der Waals surface area contributed by atoms with Gasteiger partial charge in [0.15, 0.2) is 0 Å². The third-order valence-corrected chi connectivity index (χ3v) is 2.99. The van der Waals surface area contributed by atoms with Crippen LogP contribution in [0.3, 0.4) is 0 Å². The molecule has 0 aliphatic heterocycles. The van der Waals surface area contributed by atoms with E-state index in [-0.39, 0.29) is 0 Å². The second-order valence-corrected chi connectivity index (χ2v) is 4.65. The minimum atomic E-state index is -4.36. The Hall–Kier alpha value is -1.68. The predicted octanol–water partition coefficient (Wildman–Crippen LogP) is 4.53. The van der Waals surface area contributed by atoms with E-state index >= 15 is 0 Å². The second-order valence-electron chi connectivity index (χ2n) is 4.22. The van der Waals surface area contributed by atoms with Crippen molar-refractivity contribution < 1.29 is 13.2 Å². The molecule has 0 amide bonds. The molecule has 2 aromatic rings. The van der Waals surface area contributed by atoms with Crippen LogP contribution in [-0.2, 0) is 12.6 Å². The molecule has 2 rings (SSSR count). The summed E-state index contributed by atoms with van der Waals surface area (Å²) in [6.45, 7) is 0. The Morgan fingerprint density at radius 2 is 1.79 bits per heavy atom. The van der Waals surface area contributed by atoms with Crippen LogP contribution < -0.4 is 5.73 Å². The van der Waals surface area contributed by atoms with Crippen molar-refractivity contribution in [1.82, 2.24) is 0 Å². The van der Waals surface area contributed by atoms with Gasteiger partial charge in [0.2, 0.25) is 0 Å². The lowest BCUT2D eigenvalue weighted by atomic mass is 10.0. The van der Waals surface area contributed by atoms with Crippen molar-refractivity contribution in [3.8, 4) is 0 Å². The molecule has 0 saturated carbocycles. The normalized spacial score (nSPS) is 11.6. The van der Waals surface area contributed by atoms with E-state index in [1.807, 2.05) is 0 Å². The molecular weight excluding hydrogens is 275 g/mol. The van der Waals surface area contributed by atoms with Crippen LogP contribution in [0.25, 0.3) is 0 Å². The molecule has 100 valence electrons. The van der Waals surface area contributed by atoms with Crippen LogP contribution in [-0.4, -0.2) is 0 Å². The maximum Gasteiger partial charge on any atom is 0.416 e. The maximum atomic E-state index is 12.6. The molecule has 0 fully saturated rings. The van der Waals surface area contributed by atoms with Crippen molar-refractivity contribution in [1.29, 1.82) is 0 Å².